The summed E-state index contributed by atoms with van der Waals surface area (Å²) in [6.45, 7) is 3.03. The SMILES string of the molecule is COc1cccc(N2CCN(C(=O)/C=C/c3ccc4cc(OC)ccc4c3)CC2)c1. The number of piperazine rings is 1. The van der Waals surface area contributed by atoms with Crippen molar-refractivity contribution in [3.63, 3.8) is 0 Å². The van der Waals surface area contributed by atoms with Gasteiger partial charge in [0.05, 0.1) is 14.2 Å². The molecule has 0 bridgehead atoms. The smallest absolute Gasteiger partial charge is 0.246 e. The first-order chi connectivity index (χ1) is 14.7. The predicted octanol–water partition coefficient (Wildman–Crippen LogP) is 4.22. The van der Waals surface area contributed by atoms with Crippen molar-refractivity contribution in [2.24, 2.45) is 0 Å². The van der Waals surface area contributed by atoms with E-state index in [2.05, 4.69) is 23.1 Å². The number of carbonyl (C=O) groups is 1. The lowest BCUT2D eigenvalue weighted by Crippen LogP contribution is -2.48. The van der Waals surface area contributed by atoms with Crippen molar-refractivity contribution in [3.05, 3.63) is 72.3 Å². The highest BCUT2D eigenvalue weighted by Gasteiger charge is 2.20. The number of carbonyl (C=O) groups excluding carboxylic acids is 1. The standard InChI is InChI=1S/C25H26N2O3/c1-29-23-5-3-4-22(18-23)26-12-14-27(15-13-26)25(28)11-7-19-6-8-21-17-24(30-2)10-9-20(21)16-19/h3-11,16-18H,12-15H2,1-2H3/b11-7+. The predicted molar refractivity (Wildman–Crippen MR) is 121 cm³/mol. The highest BCUT2D eigenvalue weighted by Crippen LogP contribution is 2.23. The van der Waals surface area contributed by atoms with Crippen LogP contribution >= 0.6 is 0 Å². The number of nitrogens with zero attached hydrogens (tertiary/aromatic N) is 2. The van der Waals surface area contributed by atoms with Gasteiger partial charge < -0.3 is 19.3 Å². The molecule has 0 N–H and O–H groups in total. The summed E-state index contributed by atoms with van der Waals surface area (Å²) in [6, 6.07) is 20.2. The number of hydrogen-bond donors (Lipinski definition) is 0. The van der Waals surface area contributed by atoms with E-state index in [4.69, 9.17) is 9.47 Å². The van der Waals surface area contributed by atoms with E-state index in [9.17, 15) is 4.79 Å². The Balaban J connectivity index is 1.37. The maximum Gasteiger partial charge on any atom is 0.246 e. The van der Waals surface area contributed by atoms with Gasteiger partial charge in [0, 0.05) is 44.0 Å². The first kappa shape index (κ1) is 19.8. The van der Waals surface area contributed by atoms with Crippen LogP contribution in [-0.2, 0) is 4.79 Å². The van der Waals surface area contributed by atoms with Crippen LogP contribution < -0.4 is 14.4 Å². The second-order valence-electron chi connectivity index (χ2n) is 7.32. The van der Waals surface area contributed by atoms with E-state index in [1.54, 1.807) is 20.3 Å². The zero-order chi connectivity index (χ0) is 20.9. The van der Waals surface area contributed by atoms with Crippen LogP contribution in [0.1, 0.15) is 5.56 Å². The topological polar surface area (TPSA) is 42.0 Å². The highest BCUT2D eigenvalue weighted by molar-refractivity contribution is 5.93. The van der Waals surface area contributed by atoms with Crippen LogP contribution in [0, 0.1) is 0 Å². The number of fused-ring (bicyclic) bond motifs is 1. The third kappa shape index (κ3) is 4.40. The van der Waals surface area contributed by atoms with E-state index in [-0.39, 0.29) is 5.91 Å². The summed E-state index contributed by atoms with van der Waals surface area (Å²) < 4.78 is 10.6. The van der Waals surface area contributed by atoms with Gasteiger partial charge in [-0.1, -0.05) is 24.3 Å². The van der Waals surface area contributed by atoms with Crippen molar-refractivity contribution in [3.8, 4) is 11.5 Å². The fraction of sp³-hybridized carbons (Fsp3) is 0.240. The van der Waals surface area contributed by atoms with Gasteiger partial charge in [-0.2, -0.15) is 0 Å². The molecular weight excluding hydrogens is 376 g/mol. The molecule has 1 aliphatic heterocycles. The highest BCUT2D eigenvalue weighted by atomic mass is 16.5. The molecular formula is C25H26N2O3. The molecule has 1 aliphatic rings. The molecule has 0 aliphatic carbocycles. The Hall–Kier alpha value is -3.47. The van der Waals surface area contributed by atoms with Gasteiger partial charge in [0.1, 0.15) is 11.5 Å². The molecule has 1 saturated heterocycles. The molecule has 154 valence electrons. The summed E-state index contributed by atoms with van der Waals surface area (Å²) in [5.41, 5.74) is 2.14. The molecule has 1 amide bonds. The quantitative estimate of drug-likeness (QED) is 0.600. The summed E-state index contributed by atoms with van der Waals surface area (Å²) >= 11 is 0. The fourth-order valence-corrected chi connectivity index (χ4v) is 3.74. The minimum absolute atomic E-state index is 0.0510. The third-order valence-electron chi connectivity index (χ3n) is 5.50. The molecule has 1 heterocycles. The summed E-state index contributed by atoms with van der Waals surface area (Å²) in [5, 5.41) is 2.24. The van der Waals surface area contributed by atoms with Crippen molar-refractivity contribution >= 4 is 28.4 Å². The number of hydrogen-bond acceptors (Lipinski definition) is 4. The molecule has 3 aromatic rings. The molecule has 1 fully saturated rings. The third-order valence-corrected chi connectivity index (χ3v) is 5.50. The summed E-state index contributed by atoms with van der Waals surface area (Å²) in [5.74, 6) is 1.74. The molecule has 0 saturated carbocycles. The summed E-state index contributed by atoms with van der Waals surface area (Å²) in [4.78, 5) is 16.8. The molecule has 0 aromatic heterocycles. The first-order valence-electron chi connectivity index (χ1n) is 10.1. The average Bonchev–Trinajstić information content (AvgIpc) is 2.82. The van der Waals surface area contributed by atoms with Crippen LogP contribution in [0.3, 0.4) is 0 Å². The maximum absolute atomic E-state index is 12.6. The van der Waals surface area contributed by atoms with Gasteiger partial charge in [0.2, 0.25) is 5.91 Å². The molecule has 0 radical (unpaired) electrons. The van der Waals surface area contributed by atoms with E-state index in [1.165, 1.54) is 0 Å². The Morgan fingerprint density at radius 3 is 2.30 bits per heavy atom. The Morgan fingerprint density at radius 2 is 1.53 bits per heavy atom. The summed E-state index contributed by atoms with van der Waals surface area (Å²) in [7, 11) is 3.34. The zero-order valence-corrected chi connectivity index (χ0v) is 17.4. The van der Waals surface area contributed by atoms with Gasteiger partial charge >= 0.3 is 0 Å². The van der Waals surface area contributed by atoms with Gasteiger partial charge in [-0.05, 0) is 52.7 Å². The molecule has 4 rings (SSSR count). The minimum atomic E-state index is 0.0510. The molecule has 3 aromatic carbocycles. The van der Waals surface area contributed by atoms with E-state index in [0.717, 1.165) is 46.6 Å². The Labute approximate surface area is 177 Å². The Bertz CT molecular complexity index is 1070. The number of rotatable bonds is 5. The number of ether oxygens (including phenoxy) is 2. The maximum atomic E-state index is 12.6. The van der Waals surface area contributed by atoms with Crippen LogP contribution in [0.5, 0.6) is 11.5 Å². The Kier molecular flexibility index (Phi) is 5.89. The normalized spacial score (nSPS) is 14.3. The molecule has 5 nitrogen and oxygen atoms in total. The number of amides is 1. The lowest BCUT2D eigenvalue weighted by molar-refractivity contribution is -0.126. The van der Waals surface area contributed by atoms with Crippen molar-refractivity contribution < 1.29 is 14.3 Å². The molecule has 30 heavy (non-hydrogen) atoms. The fourth-order valence-electron chi connectivity index (χ4n) is 3.74. The average molecular weight is 402 g/mol. The van der Waals surface area contributed by atoms with Crippen LogP contribution in [0.4, 0.5) is 5.69 Å². The van der Waals surface area contributed by atoms with Crippen LogP contribution in [0.25, 0.3) is 16.8 Å². The minimum Gasteiger partial charge on any atom is -0.497 e. The molecule has 0 atom stereocenters. The number of benzene rings is 3. The van der Waals surface area contributed by atoms with E-state index < -0.39 is 0 Å². The van der Waals surface area contributed by atoms with E-state index in [0.29, 0.717) is 13.1 Å². The van der Waals surface area contributed by atoms with Gasteiger partial charge in [0.15, 0.2) is 0 Å². The van der Waals surface area contributed by atoms with Gasteiger partial charge in [-0.3, -0.25) is 4.79 Å². The lowest BCUT2D eigenvalue weighted by Gasteiger charge is -2.35. The van der Waals surface area contributed by atoms with Crippen molar-refractivity contribution in [2.75, 3.05) is 45.3 Å². The zero-order valence-electron chi connectivity index (χ0n) is 17.4. The van der Waals surface area contributed by atoms with Gasteiger partial charge in [-0.15, -0.1) is 0 Å². The molecule has 0 spiro atoms. The van der Waals surface area contributed by atoms with Gasteiger partial charge in [0.25, 0.3) is 0 Å². The van der Waals surface area contributed by atoms with E-state index in [1.807, 2.05) is 53.4 Å². The second-order valence-corrected chi connectivity index (χ2v) is 7.32. The number of anilines is 1. The van der Waals surface area contributed by atoms with Crippen LogP contribution in [0.15, 0.2) is 66.7 Å². The van der Waals surface area contributed by atoms with Crippen molar-refractivity contribution in [1.29, 1.82) is 0 Å². The Morgan fingerprint density at radius 1 is 0.833 bits per heavy atom. The largest absolute Gasteiger partial charge is 0.497 e. The van der Waals surface area contributed by atoms with E-state index >= 15 is 0 Å². The summed E-state index contributed by atoms with van der Waals surface area (Å²) in [6.07, 6.45) is 3.56. The van der Waals surface area contributed by atoms with Crippen molar-refractivity contribution in [2.45, 2.75) is 0 Å². The first-order valence-corrected chi connectivity index (χ1v) is 10.1. The second kappa shape index (κ2) is 8.91. The van der Waals surface area contributed by atoms with Crippen LogP contribution in [0.2, 0.25) is 0 Å². The number of methoxy groups -OCH3 is 2. The van der Waals surface area contributed by atoms with Crippen molar-refractivity contribution in [1.82, 2.24) is 4.90 Å². The van der Waals surface area contributed by atoms with Crippen LogP contribution in [-0.4, -0.2) is 51.2 Å². The molecule has 5 heteroatoms. The van der Waals surface area contributed by atoms with Gasteiger partial charge in [-0.25, -0.2) is 0 Å². The lowest BCUT2D eigenvalue weighted by atomic mass is 10.1. The molecule has 0 unspecified atom stereocenters. The monoisotopic (exact) mass is 402 g/mol.